The Balaban J connectivity index is 1.96. The van der Waals surface area contributed by atoms with Crippen molar-refractivity contribution in [3.05, 3.63) is 42.0 Å². The highest BCUT2D eigenvalue weighted by Gasteiger charge is 2.05. The van der Waals surface area contributed by atoms with Crippen LogP contribution in [-0.2, 0) is 11.3 Å². The van der Waals surface area contributed by atoms with E-state index in [0.717, 1.165) is 0 Å². The van der Waals surface area contributed by atoms with Gasteiger partial charge >= 0.3 is 5.97 Å². The second kappa shape index (κ2) is 5.11. The minimum absolute atomic E-state index is 0.192. The summed E-state index contributed by atoms with van der Waals surface area (Å²) in [4.78, 5) is 15.0. The van der Waals surface area contributed by atoms with Crippen molar-refractivity contribution in [1.82, 2.24) is 10.1 Å². The summed E-state index contributed by atoms with van der Waals surface area (Å²) in [5, 5.41) is 3.46. The quantitative estimate of drug-likeness (QED) is 0.745. The summed E-state index contributed by atoms with van der Waals surface area (Å²) in [5.74, 6) is 0.617. The molecule has 0 N–H and O–H groups in total. The number of benzene rings is 1. The predicted molar refractivity (Wildman–Crippen MR) is 56.4 cm³/mol. The number of carbonyl (C=O) groups excluding carboxylic acids is 1. The highest BCUT2D eigenvalue weighted by Crippen LogP contribution is 2.14. The lowest BCUT2D eigenvalue weighted by Gasteiger charge is -2.03. The molecule has 88 valence electrons. The van der Waals surface area contributed by atoms with Crippen molar-refractivity contribution in [2.45, 2.75) is 6.61 Å². The lowest BCUT2D eigenvalue weighted by atomic mass is 10.2. The number of nitrogens with zero attached hydrogens (tertiary/aromatic N) is 2. The van der Waals surface area contributed by atoms with Crippen LogP contribution in [0.4, 0.5) is 0 Å². The van der Waals surface area contributed by atoms with Crippen LogP contribution in [0, 0.1) is 0 Å². The number of esters is 1. The van der Waals surface area contributed by atoms with Crippen LogP contribution in [0.15, 0.2) is 35.1 Å². The highest BCUT2D eigenvalue weighted by molar-refractivity contribution is 5.89. The number of methoxy groups -OCH3 is 1. The van der Waals surface area contributed by atoms with Crippen molar-refractivity contribution in [3.63, 3.8) is 0 Å². The maximum absolute atomic E-state index is 11.2. The van der Waals surface area contributed by atoms with Crippen LogP contribution in [0.25, 0.3) is 0 Å². The Hall–Kier alpha value is -2.37. The molecule has 2 aromatic rings. The van der Waals surface area contributed by atoms with Crippen molar-refractivity contribution < 1.29 is 18.8 Å². The third-order valence-electron chi connectivity index (χ3n) is 2.04. The van der Waals surface area contributed by atoms with E-state index in [1.165, 1.54) is 13.4 Å². The van der Waals surface area contributed by atoms with Gasteiger partial charge in [-0.15, -0.1) is 0 Å². The van der Waals surface area contributed by atoms with Crippen LogP contribution in [0.5, 0.6) is 5.75 Å². The van der Waals surface area contributed by atoms with E-state index in [-0.39, 0.29) is 12.6 Å². The molecule has 0 atom stereocenters. The van der Waals surface area contributed by atoms with Crippen LogP contribution in [0.2, 0.25) is 0 Å². The number of aromatic nitrogens is 2. The largest absolute Gasteiger partial charge is 0.484 e. The predicted octanol–water partition coefficient (Wildman–Crippen LogP) is 1.44. The van der Waals surface area contributed by atoms with Gasteiger partial charge in [0.05, 0.1) is 12.7 Å². The summed E-state index contributed by atoms with van der Waals surface area (Å²) in [5.41, 5.74) is 0.470. The fraction of sp³-hybridized carbons (Fsp3) is 0.182. The van der Waals surface area contributed by atoms with E-state index >= 15 is 0 Å². The third kappa shape index (κ3) is 2.81. The van der Waals surface area contributed by atoms with E-state index in [0.29, 0.717) is 17.2 Å². The summed E-state index contributed by atoms with van der Waals surface area (Å²) >= 11 is 0. The van der Waals surface area contributed by atoms with E-state index in [4.69, 9.17) is 9.26 Å². The van der Waals surface area contributed by atoms with Crippen LogP contribution in [0.3, 0.4) is 0 Å². The van der Waals surface area contributed by atoms with Gasteiger partial charge in [0.15, 0.2) is 12.9 Å². The topological polar surface area (TPSA) is 74.5 Å². The molecule has 1 heterocycles. The van der Waals surface area contributed by atoms with Gasteiger partial charge in [-0.25, -0.2) is 4.79 Å². The standard InChI is InChI=1S/C11H10N2O4/c1-15-11(14)8-2-4-9(5-3-8)16-6-10-12-7-13-17-10/h2-5,7H,6H2,1H3. The highest BCUT2D eigenvalue weighted by atomic mass is 16.5. The summed E-state index contributed by atoms with van der Waals surface area (Å²) in [6, 6.07) is 6.58. The fourth-order valence-corrected chi connectivity index (χ4v) is 1.21. The Morgan fingerprint density at radius 3 is 2.71 bits per heavy atom. The average Bonchev–Trinajstić information content (AvgIpc) is 2.89. The van der Waals surface area contributed by atoms with Gasteiger partial charge < -0.3 is 14.0 Å². The maximum Gasteiger partial charge on any atom is 0.337 e. The number of carbonyl (C=O) groups is 1. The van der Waals surface area contributed by atoms with E-state index < -0.39 is 0 Å². The van der Waals surface area contributed by atoms with Crippen LogP contribution in [-0.4, -0.2) is 23.2 Å². The molecular weight excluding hydrogens is 224 g/mol. The molecule has 0 bridgehead atoms. The number of ether oxygens (including phenoxy) is 2. The molecule has 1 aromatic carbocycles. The van der Waals surface area contributed by atoms with Gasteiger partial charge in [0.1, 0.15) is 5.75 Å². The van der Waals surface area contributed by atoms with Crippen molar-refractivity contribution >= 4 is 5.97 Å². The van der Waals surface area contributed by atoms with Crippen molar-refractivity contribution in [3.8, 4) is 5.75 Å². The number of hydrogen-bond acceptors (Lipinski definition) is 6. The molecule has 0 radical (unpaired) electrons. The Morgan fingerprint density at radius 1 is 1.35 bits per heavy atom. The molecule has 0 fully saturated rings. The minimum atomic E-state index is -0.381. The summed E-state index contributed by atoms with van der Waals surface area (Å²) in [7, 11) is 1.34. The Labute approximate surface area is 97.2 Å². The molecule has 0 saturated heterocycles. The molecule has 0 saturated carbocycles. The summed E-state index contributed by atoms with van der Waals surface area (Å²) in [6.07, 6.45) is 1.30. The van der Waals surface area contributed by atoms with E-state index in [1.54, 1.807) is 24.3 Å². The zero-order chi connectivity index (χ0) is 12.1. The van der Waals surface area contributed by atoms with Gasteiger partial charge in [-0.2, -0.15) is 4.98 Å². The molecule has 6 heteroatoms. The average molecular weight is 234 g/mol. The lowest BCUT2D eigenvalue weighted by Crippen LogP contribution is -2.01. The Morgan fingerprint density at radius 2 is 2.12 bits per heavy atom. The van der Waals surface area contributed by atoms with Gasteiger partial charge in [-0.05, 0) is 24.3 Å². The summed E-state index contributed by atoms with van der Waals surface area (Å²) < 4.78 is 14.7. The molecule has 17 heavy (non-hydrogen) atoms. The van der Waals surface area contributed by atoms with Crippen molar-refractivity contribution in [2.75, 3.05) is 7.11 Å². The molecule has 1 aromatic heterocycles. The normalized spacial score (nSPS) is 9.94. The van der Waals surface area contributed by atoms with Crippen LogP contribution in [0.1, 0.15) is 16.2 Å². The lowest BCUT2D eigenvalue weighted by molar-refractivity contribution is 0.0600. The van der Waals surface area contributed by atoms with E-state index in [1.807, 2.05) is 0 Å². The van der Waals surface area contributed by atoms with Gasteiger partial charge in [0.25, 0.3) is 5.89 Å². The van der Waals surface area contributed by atoms with Crippen molar-refractivity contribution in [1.29, 1.82) is 0 Å². The molecule has 0 aliphatic carbocycles. The van der Waals surface area contributed by atoms with Crippen molar-refractivity contribution in [2.24, 2.45) is 0 Å². The third-order valence-corrected chi connectivity index (χ3v) is 2.04. The SMILES string of the molecule is COC(=O)c1ccc(OCc2ncno2)cc1. The molecule has 0 aliphatic rings. The van der Waals surface area contributed by atoms with Crippen LogP contribution < -0.4 is 4.74 Å². The molecule has 0 amide bonds. The van der Waals surface area contributed by atoms with Gasteiger partial charge in [0.2, 0.25) is 0 Å². The molecule has 0 spiro atoms. The first-order chi connectivity index (χ1) is 8.29. The first-order valence-corrected chi connectivity index (χ1v) is 4.86. The first-order valence-electron chi connectivity index (χ1n) is 4.86. The van der Waals surface area contributed by atoms with Crippen LogP contribution >= 0.6 is 0 Å². The Bertz CT molecular complexity index is 479. The molecule has 0 unspecified atom stereocenters. The van der Waals surface area contributed by atoms with E-state index in [9.17, 15) is 4.79 Å². The second-order valence-corrected chi connectivity index (χ2v) is 3.14. The zero-order valence-electron chi connectivity index (χ0n) is 9.12. The summed E-state index contributed by atoms with van der Waals surface area (Å²) in [6.45, 7) is 0.192. The van der Waals surface area contributed by atoms with E-state index in [2.05, 4.69) is 14.9 Å². The Kier molecular flexibility index (Phi) is 3.34. The first kappa shape index (κ1) is 11.1. The van der Waals surface area contributed by atoms with Gasteiger partial charge in [-0.3, -0.25) is 0 Å². The zero-order valence-corrected chi connectivity index (χ0v) is 9.12. The van der Waals surface area contributed by atoms with Gasteiger partial charge in [0, 0.05) is 0 Å². The molecular formula is C11H10N2O4. The smallest absolute Gasteiger partial charge is 0.337 e. The maximum atomic E-state index is 11.2. The second-order valence-electron chi connectivity index (χ2n) is 3.14. The van der Waals surface area contributed by atoms with Gasteiger partial charge in [-0.1, -0.05) is 5.16 Å². The molecule has 0 aliphatic heterocycles. The fourth-order valence-electron chi connectivity index (χ4n) is 1.21. The monoisotopic (exact) mass is 234 g/mol. The number of rotatable bonds is 4. The minimum Gasteiger partial charge on any atom is -0.484 e. The number of hydrogen-bond donors (Lipinski definition) is 0. The molecule has 6 nitrogen and oxygen atoms in total. The molecule has 2 rings (SSSR count).